The van der Waals surface area contributed by atoms with Crippen molar-refractivity contribution in [3.05, 3.63) is 6.92 Å². The fourth-order valence-electron chi connectivity index (χ4n) is 2.11. The van der Waals surface area contributed by atoms with E-state index in [-0.39, 0.29) is 23.4 Å². The van der Waals surface area contributed by atoms with Gasteiger partial charge in [-0.1, -0.05) is 6.92 Å². The first-order chi connectivity index (χ1) is 5.89. The molecule has 0 atom stereocenters. The molecule has 0 N–H and O–H groups in total. The first kappa shape index (κ1) is 16.8. The van der Waals surface area contributed by atoms with Gasteiger partial charge in [-0.3, -0.25) is 14.7 Å². The fourth-order valence-corrected chi connectivity index (χ4v) is 2.11. The molecule has 4 heteroatoms. The Bertz CT molecular complexity index is 125. The van der Waals surface area contributed by atoms with Crippen LogP contribution in [0.5, 0.6) is 0 Å². The van der Waals surface area contributed by atoms with Crippen molar-refractivity contribution in [2.24, 2.45) is 0 Å². The van der Waals surface area contributed by atoms with E-state index in [4.69, 9.17) is 0 Å². The van der Waals surface area contributed by atoms with E-state index in [0.717, 1.165) is 12.8 Å². The van der Waals surface area contributed by atoms with Crippen LogP contribution in [-0.4, -0.2) is 80.4 Å². The van der Waals surface area contributed by atoms with Crippen LogP contribution in [-0.2, 0) is 0 Å². The Morgan fingerprint density at radius 3 is 1.21 bits per heavy atom. The summed E-state index contributed by atoms with van der Waals surface area (Å²) in [5.41, 5.74) is 0. The van der Waals surface area contributed by atoms with Crippen LogP contribution in [0.25, 0.3) is 0 Å². The fraction of sp³-hybridized carbons (Fsp3) is 0.900. The van der Waals surface area contributed by atoms with Crippen LogP contribution in [0.4, 0.5) is 0 Å². The van der Waals surface area contributed by atoms with E-state index < -0.39 is 0 Å². The average molecular weight is 263 g/mol. The average Bonchev–Trinajstić information content (AvgIpc) is 1.97. The van der Waals surface area contributed by atoms with Crippen molar-refractivity contribution in [1.29, 1.82) is 0 Å². The molecule has 0 spiro atoms. The Balaban J connectivity index is 0. The van der Waals surface area contributed by atoms with Crippen LogP contribution in [0.2, 0.25) is 0 Å². The molecule has 0 rings (SSSR count). The first-order valence-electron chi connectivity index (χ1n) is 4.71. The first-order valence-corrected chi connectivity index (χ1v) is 4.71. The second-order valence-corrected chi connectivity index (χ2v) is 4.06. The zero-order valence-corrected chi connectivity index (χ0v) is 9.96. The van der Waals surface area contributed by atoms with Crippen molar-refractivity contribution in [1.82, 2.24) is 14.7 Å². The maximum absolute atomic E-state index is 3.94. The third-order valence-corrected chi connectivity index (χ3v) is 2.66. The van der Waals surface area contributed by atoms with Gasteiger partial charge in [0.2, 0.25) is 0 Å². The molecule has 0 fully saturated rings. The summed E-state index contributed by atoms with van der Waals surface area (Å²) in [6, 6.07) is 0. The molecule has 0 amide bonds. The molecule has 87 valence electrons. The van der Waals surface area contributed by atoms with Gasteiger partial charge in [0.25, 0.3) is 0 Å². The molecule has 0 aliphatic heterocycles. The van der Waals surface area contributed by atoms with E-state index >= 15 is 0 Å². The van der Waals surface area contributed by atoms with E-state index in [1.165, 1.54) is 0 Å². The van der Waals surface area contributed by atoms with Crippen LogP contribution in [0, 0.1) is 6.92 Å². The zero-order valence-electron chi connectivity index (χ0n) is 9.96. The Kier molecular flexibility index (Phi) is 8.21. The van der Waals surface area contributed by atoms with Crippen LogP contribution >= 0.6 is 0 Å². The summed E-state index contributed by atoms with van der Waals surface area (Å²) >= 11 is 0. The molecular formula is C10H28GeN3. The molecule has 14 heavy (non-hydrogen) atoms. The van der Waals surface area contributed by atoms with Gasteiger partial charge in [-0.25, -0.2) is 0 Å². The van der Waals surface area contributed by atoms with Gasteiger partial charge in [0.05, 0.1) is 0 Å². The van der Waals surface area contributed by atoms with Crippen molar-refractivity contribution in [2.45, 2.75) is 18.6 Å². The van der Waals surface area contributed by atoms with Gasteiger partial charge in [0, 0.05) is 0 Å². The molecule has 0 aliphatic rings. The minimum atomic E-state index is -0.0122. The normalized spacial score (nSPS) is 12.4. The Morgan fingerprint density at radius 1 is 0.857 bits per heavy atom. The number of hydrogen-bond acceptors (Lipinski definition) is 3. The molecule has 1 radical (unpaired) electrons. The van der Waals surface area contributed by atoms with Crippen LogP contribution in [0.15, 0.2) is 0 Å². The van der Waals surface area contributed by atoms with Crippen molar-refractivity contribution in [2.75, 3.05) is 42.3 Å². The molecule has 0 heterocycles. The van der Waals surface area contributed by atoms with Crippen molar-refractivity contribution >= 4 is 17.6 Å². The second kappa shape index (κ2) is 6.82. The van der Waals surface area contributed by atoms with Gasteiger partial charge in [0.1, 0.15) is 5.79 Å². The summed E-state index contributed by atoms with van der Waals surface area (Å²) in [4.78, 5) is 6.70. The summed E-state index contributed by atoms with van der Waals surface area (Å²) in [6.07, 6.45) is 1.98. The number of hydrogen-bond donors (Lipinski definition) is 0. The third kappa shape index (κ3) is 3.22. The minimum absolute atomic E-state index is 0. The van der Waals surface area contributed by atoms with Gasteiger partial charge in [-0.2, -0.15) is 0 Å². The maximum atomic E-state index is 3.94. The standard InChI is InChI=1S/C10H24N3.GeH4/c1-8-9-10(11(2)3,12(4)5)13(6)7;/h1,8-9H2,2-7H3;1H4. The van der Waals surface area contributed by atoms with Crippen molar-refractivity contribution < 1.29 is 0 Å². The van der Waals surface area contributed by atoms with Gasteiger partial charge >= 0.3 is 17.6 Å². The molecule has 0 unspecified atom stereocenters. The monoisotopic (exact) mass is 264 g/mol. The third-order valence-electron chi connectivity index (χ3n) is 2.66. The summed E-state index contributed by atoms with van der Waals surface area (Å²) in [5, 5.41) is 0. The molecule has 0 aromatic heterocycles. The Hall–Kier alpha value is 0.423. The Morgan fingerprint density at radius 2 is 1.14 bits per heavy atom. The SMILES string of the molecule is [CH2]CCC(N(C)C)(N(C)C)N(C)C.[GeH4]. The van der Waals surface area contributed by atoms with Crippen LogP contribution in [0.1, 0.15) is 12.8 Å². The van der Waals surface area contributed by atoms with E-state index in [2.05, 4.69) is 63.9 Å². The van der Waals surface area contributed by atoms with Gasteiger partial charge in [-0.15, -0.1) is 0 Å². The molecule has 3 nitrogen and oxygen atoms in total. The summed E-state index contributed by atoms with van der Waals surface area (Å²) in [6.45, 7) is 3.94. The van der Waals surface area contributed by atoms with E-state index in [1.807, 2.05) is 0 Å². The molecular weight excluding hydrogens is 235 g/mol. The molecule has 0 saturated heterocycles. The molecule has 0 aromatic carbocycles. The topological polar surface area (TPSA) is 9.72 Å². The van der Waals surface area contributed by atoms with Crippen LogP contribution in [0.3, 0.4) is 0 Å². The van der Waals surface area contributed by atoms with E-state index in [1.54, 1.807) is 0 Å². The van der Waals surface area contributed by atoms with Crippen LogP contribution < -0.4 is 0 Å². The molecule has 0 saturated carbocycles. The predicted octanol–water partition coefficient (Wildman–Crippen LogP) is -0.512. The zero-order chi connectivity index (χ0) is 10.6. The van der Waals surface area contributed by atoms with Crippen molar-refractivity contribution in [3.8, 4) is 0 Å². The van der Waals surface area contributed by atoms with Gasteiger partial charge in [0.15, 0.2) is 0 Å². The summed E-state index contributed by atoms with van der Waals surface area (Å²) in [7, 11) is 12.6. The van der Waals surface area contributed by atoms with Crippen molar-refractivity contribution in [3.63, 3.8) is 0 Å². The summed E-state index contributed by atoms with van der Waals surface area (Å²) in [5.74, 6) is -0.0122. The van der Waals surface area contributed by atoms with Gasteiger partial charge in [-0.05, 0) is 55.1 Å². The van der Waals surface area contributed by atoms with Gasteiger partial charge < -0.3 is 0 Å². The second-order valence-electron chi connectivity index (χ2n) is 4.06. The van der Waals surface area contributed by atoms with E-state index in [0.29, 0.717) is 0 Å². The number of nitrogens with zero attached hydrogens (tertiary/aromatic N) is 3. The Labute approximate surface area is 100 Å². The summed E-state index contributed by atoms with van der Waals surface area (Å²) < 4.78 is 0. The predicted molar refractivity (Wildman–Crippen MR) is 69.7 cm³/mol. The number of rotatable bonds is 5. The van der Waals surface area contributed by atoms with E-state index in [9.17, 15) is 0 Å². The molecule has 0 bridgehead atoms. The molecule has 0 aliphatic carbocycles. The molecule has 0 aromatic rings. The quantitative estimate of drug-likeness (QED) is 0.488.